The molecular formula is C16H22N4O. The summed E-state index contributed by atoms with van der Waals surface area (Å²) >= 11 is 0. The van der Waals surface area contributed by atoms with Crippen LogP contribution in [0.1, 0.15) is 26.7 Å². The van der Waals surface area contributed by atoms with Crippen LogP contribution in [-0.4, -0.2) is 36.5 Å². The predicted octanol–water partition coefficient (Wildman–Crippen LogP) is 1.51. The first-order valence-electron chi connectivity index (χ1n) is 7.56. The maximum Gasteiger partial charge on any atom is 0.252 e. The van der Waals surface area contributed by atoms with Crippen molar-refractivity contribution in [2.75, 3.05) is 18.0 Å². The van der Waals surface area contributed by atoms with E-state index in [-0.39, 0.29) is 11.9 Å². The van der Waals surface area contributed by atoms with Crippen LogP contribution in [0.2, 0.25) is 0 Å². The zero-order chi connectivity index (χ0) is 14.9. The highest BCUT2D eigenvalue weighted by Crippen LogP contribution is 2.28. The second-order valence-electron chi connectivity index (χ2n) is 6.06. The zero-order valence-corrected chi connectivity index (χ0v) is 12.6. The maximum absolute atomic E-state index is 12.3. The van der Waals surface area contributed by atoms with Crippen LogP contribution in [0.4, 0.5) is 5.69 Å². The first-order chi connectivity index (χ1) is 10.1. The minimum absolute atomic E-state index is 0.0645. The molecule has 0 atom stereocenters. The number of para-hydroxylation sites is 1. The van der Waals surface area contributed by atoms with Crippen LogP contribution >= 0.6 is 0 Å². The third-order valence-corrected chi connectivity index (χ3v) is 4.15. The molecule has 0 unspecified atom stereocenters. The molecule has 0 bridgehead atoms. The molecule has 5 heteroatoms. The number of carbonyl (C=O) groups is 1. The van der Waals surface area contributed by atoms with Crippen molar-refractivity contribution in [2.45, 2.75) is 38.3 Å². The van der Waals surface area contributed by atoms with E-state index < -0.39 is 5.54 Å². The lowest BCUT2D eigenvalue weighted by Gasteiger charge is -2.38. The largest absolute Gasteiger partial charge is 0.371 e. The van der Waals surface area contributed by atoms with Crippen molar-refractivity contribution in [1.29, 1.82) is 0 Å². The van der Waals surface area contributed by atoms with Crippen LogP contribution < -0.4 is 15.5 Å². The molecular weight excluding hydrogens is 264 g/mol. The van der Waals surface area contributed by atoms with Gasteiger partial charge in [-0.2, -0.15) is 0 Å². The van der Waals surface area contributed by atoms with Gasteiger partial charge in [0.05, 0.1) is 0 Å². The molecule has 0 radical (unpaired) electrons. The van der Waals surface area contributed by atoms with E-state index in [1.54, 1.807) is 0 Å². The summed E-state index contributed by atoms with van der Waals surface area (Å²) in [6.07, 6.45) is 1.59. The number of hydrogen-bond acceptors (Lipinski definition) is 3. The fourth-order valence-corrected chi connectivity index (χ4v) is 3.00. The molecule has 1 amide bonds. The molecule has 0 saturated carbocycles. The van der Waals surface area contributed by atoms with E-state index in [4.69, 9.17) is 0 Å². The lowest BCUT2D eigenvalue weighted by atomic mass is 9.87. The Morgan fingerprint density at radius 2 is 1.86 bits per heavy atom. The Morgan fingerprint density at radius 3 is 2.48 bits per heavy atom. The highest BCUT2D eigenvalue weighted by atomic mass is 16.2. The van der Waals surface area contributed by atoms with Crippen LogP contribution in [0.3, 0.4) is 0 Å². The Kier molecular flexibility index (Phi) is 3.57. The number of aliphatic imine (C=N–C) groups is 1. The third kappa shape index (κ3) is 2.73. The molecule has 1 aromatic carbocycles. The van der Waals surface area contributed by atoms with Gasteiger partial charge in [-0.1, -0.05) is 18.2 Å². The van der Waals surface area contributed by atoms with Crippen molar-refractivity contribution in [3.8, 4) is 0 Å². The summed E-state index contributed by atoms with van der Waals surface area (Å²) in [6, 6.07) is 10.5. The van der Waals surface area contributed by atoms with Gasteiger partial charge in [0, 0.05) is 24.8 Å². The van der Waals surface area contributed by atoms with Crippen molar-refractivity contribution in [3.05, 3.63) is 30.3 Å². The van der Waals surface area contributed by atoms with Gasteiger partial charge >= 0.3 is 0 Å². The standard InChI is InChI=1S/C16H22N4O/c1-12(2)17-15-18-14(21)16(19-15)8-10-20(11-9-16)13-6-4-3-5-7-13/h3-7,12H,8-11H2,1-2H3,(H2,17,18,19,21). The van der Waals surface area contributed by atoms with Gasteiger partial charge in [-0.25, -0.2) is 0 Å². The zero-order valence-electron chi connectivity index (χ0n) is 12.6. The number of rotatable bonds is 2. The second kappa shape index (κ2) is 5.39. The number of anilines is 1. The number of amides is 1. The highest BCUT2D eigenvalue weighted by Gasteiger charge is 2.47. The van der Waals surface area contributed by atoms with Gasteiger partial charge in [-0.3, -0.25) is 15.1 Å². The Labute approximate surface area is 125 Å². The number of piperidine rings is 1. The average molecular weight is 286 g/mol. The van der Waals surface area contributed by atoms with Gasteiger partial charge in [0.25, 0.3) is 5.91 Å². The fourth-order valence-electron chi connectivity index (χ4n) is 3.00. The molecule has 0 aliphatic carbocycles. The number of guanidine groups is 1. The molecule has 1 spiro atoms. The van der Waals surface area contributed by atoms with Crippen LogP contribution in [0, 0.1) is 0 Å². The summed E-state index contributed by atoms with van der Waals surface area (Å²) in [6.45, 7) is 5.76. The summed E-state index contributed by atoms with van der Waals surface area (Å²) in [5.74, 6) is 0.692. The summed E-state index contributed by atoms with van der Waals surface area (Å²) in [5.41, 5.74) is 0.751. The smallest absolute Gasteiger partial charge is 0.252 e. The van der Waals surface area contributed by atoms with Crippen molar-refractivity contribution in [1.82, 2.24) is 10.6 Å². The lowest BCUT2D eigenvalue weighted by Crippen LogP contribution is -2.55. The van der Waals surface area contributed by atoms with Crippen LogP contribution in [0.5, 0.6) is 0 Å². The van der Waals surface area contributed by atoms with Gasteiger partial charge in [0.2, 0.25) is 0 Å². The Bertz CT molecular complexity index is 545. The molecule has 2 aliphatic rings. The number of benzene rings is 1. The van der Waals surface area contributed by atoms with E-state index in [9.17, 15) is 4.79 Å². The Morgan fingerprint density at radius 1 is 1.19 bits per heavy atom. The van der Waals surface area contributed by atoms with E-state index in [1.165, 1.54) is 5.69 Å². The van der Waals surface area contributed by atoms with Crippen molar-refractivity contribution < 1.29 is 4.79 Å². The van der Waals surface area contributed by atoms with E-state index in [0.29, 0.717) is 5.96 Å². The molecule has 112 valence electrons. The maximum atomic E-state index is 12.3. The SMILES string of the molecule is CC(C)N=C1NC(=O)C2(CCN(c3ccccc3)CC2)N1. The molecule has 2 saturated heterocycles. The number of nitrogens with one attached hydrogen (secondary N) is 2. The number of nitrogens with zero attached hydrogens (tertiary/aromatic N) is 2. The highest BCUT2D eigenvalue weighted by molar-refractivity contribution is 6.09. The number of hydrogen-bond donors (Lipinski definition) is 2. The quantitative estimate of drug-likeness (QED) is 0.866. The van der Waals surface area contributed by atoms with Crippen LogP contribution in [0.15, 0.2) is 35.3 Å². The monoisotopic (exact) mass is 286 g/mol. The Balaban J connectivity index is 1.69. The molecule has 2 heterocycles. The van der Waals surface area contributed by atoms with Crippen molar-refractivity contribution >= 4 is 17.6 Å². The molecule has 21 heavy (non-hydrogen) atoms. The Hall–Kier alpha value is -2.04. The molecule has 2 aliphatic heterocycles. The fraction of sp³-hybridized carbons (Fsp3) is 0.500. The first-order valence-corrected chi connectivity index (χ1v) is 7.56. The summed E-state index contributed by atoms with van der Waals surface area (Å²) in [4.78, 5) is 19.1. The lowest BCUT2D eigenvalue weighted by molar-refractivity contribution is -0.124. The van der Waals surface area contributed by atoms with E-state index in [2.05, 4.69) is 32.7 Å². The minimum atomic E-state index is -0.473. The van der Waals surface area contributed by atoms with E-state index in [1.807, 2.05) is 32.0 Å². The third-order valence-electron chi connectivity index (χ3n) is 4.15. The average Bonchev–Trinajstić information content (AvgIpc) is 2.75. The van der Waals surface area contributed by atoms with E-state index in [0.717, 1.165) is 25.9 Å². The topological polar surface area (TPSA) is 56.7 Å². The van der Waals surface area contributed by atoms with Gasteiger partial charge in [0.15, 0.2) is 5.96 Å². The van der Waals surface area contributed by atoms with Crippen LogP contribution in [-0.2, 0) is 4.79 Å². The number of carbonyl (C=O) groups excluding carboxylic acids is 1. The normalized spacial score (nSPS) is 22.7. The second-order valence-corrected chi connectivity index (χ2v) is 6.06. The molecule has 3 rings (SSSR count). The first kappa shape index (κ1) is 13.9. The summed E-state index contributed by atoms with van der Waals surface area (Å²) in [5, 5.41) is 6.20. The minimum Gasteiger partial charge on any atom is -0.371 e. The van der Waals surface area contributed by atoms with Gasteiger partial charge < -0.3 is 10.2 Å². The summed E-state index contributed by atoms with van der Waals surface area (Å²) in [7, 11) is 0. The van der Waals surface area contributed by atoms with E-state index >= 15 is 0 Å². The van der Waals surface area contributed by atoms with Gasteiger partial charge in [-0.05, 0) is 38.8 Å². The molecule has 2 fully saturated rings. The molecule has 1 aromatic rings. The molecule has 0 aromatic heterocycles. The van der Waals surface area contributed by atoms with Crippen LogP contribution in [0.25, 0.3) is 0 Å². The van der Waals surface area contributed by atoms with Gasteiger partial charge in [0.1, 0.15) is 5.54 Å². The predicted molar refractivity (Wildman–Crippen MR) is 84.5 cm³/mol. The molecule has 2 N–H and O–H groups in total. The van der Waals surface area contributed by atoms with Crippen molar-refractivity contribution in [3.63, 3.8) is 0 Å². The van der Waals surface area contributed by atoms with Crippen molar-refractivity contribution in [2.24, 2.45) is 4.99 Å². The van der Waals surface area contributed by atoms with Gasteiger partial charge in [-0.15, -0.1) is 0 Å². The summed E-state index contributed by atoms with van der Waals surface area (Å²) < 4.78 is 0. The molecule has 5 nitrogen and oxygen atoms in total.